The van der Waals surface area contributed by atoms with Crippen molar-refractivity contribution in [2.45, 2.75) is 6.42 Å². The van der Waals surface area contributed by atoms with Crippen molar-refractivity contribution in [3.05, 3.63) is 39.9 Å². The van der Waals surface area contributed by atoms with Crippen molar-refractivity contribution in [1.29, 1.82) is 0 Å². The minimum Gasteiger partial charge on any atom is -0.273 e. The topological polar surface area (TPSA) is 119 Å². The van der Waals surface area contributed by atoms with Crippen LogP contribution in [0.2, 0.25) is 0 Å². The molecule has 1 aromatic carbocycles. The molecule has 8 nitrogen and oxygen atoms in total. The minimum absolute atomic E-state index is 0.0250. The van der Waals surface area contributed by atoms with E-state index in [1.165, 1.54) is 30.5 Å². The smallest absolute Gasteiger partial charge is 0.269 e. The average molecular weight is 311 g/mol. The molecule has 1 aromatic rings. The number of hydrogen-bond acceptors (Lipinski definition) is 6. The minimum atomic E-state index is -3.11. The number of nitro groups is 1. The quantitative estimate of drug-likeness (QED) is 0.493. The molecule has 0 aliphatic carbocycles. The van der Waals surface area contributed by atoms with Crippen molar-refractivity contribution in [1.82, 2.24) is 5.43 Å². The van der Waals surface area contributed by atoms with Crippen LogP contribution in [0.15, 0.2) is 29.4 Å². The molecule has 1 saturated heterocycles. The molecule has 1 N–H and O–H groups in total. The molecule has 1 atom stereocenters. The van der Waals surface area contributed by atoms with Gasteiger partial charge in [-0.1, -0.05) is 0 Å². The second-order valence-corrected chi connectivity index (χ2v) is 6.91. The van der Waals surface area contributed by atoms with Crippen molar-refractivity contribution in [3.63, 3.8) is 0 Å². The van der Waals surface area contributed by atoms with Gasteiger partial charge in [-0.2, -0.15) is 5.10 Å². The highest BCUT2D eigenvalue weighted by Crippen LogP contribution is 2.18. The molecule has 21 heavy (non-hydrogen) atoms. The van der Waals surface area contributed by atoms with Crippen LogP contribution in [-0.2, 0) is 14.6 Å². The Morgan fingerprint density at radius 2 is 2.05 bits per heavy atom. The predicted octanol–water partition coefficient (Wildman–Crippen LogP) is 0.480. The zero-order valence-corrected chi connectivity index (χ0v) is 11.7. The summed E-state index contributed by atoms with van der Waals surface area (Å²) in [5, 5.41) is 14.2. The molecule has 0 spiro atoms. The Balaban J connectivity index is 1.90. The van der Waals surface area contributed by atoms with E-state index in [1.807, 2.05) is 0 Å². The number of nitrogens with zero attached hydrogens (tertiary/aromatic N) is 2. The van der Waals surface area contributed by atoms with Crippen LogP contribution >= 0.6 is 0 Å². The Morgan fingerprint density at radius 1 is 1.38 bits per heavy atom. The number of benzene rings is 1. The monoisotopic (exact) mass is 311 g/mol. The summed E-state index contributed by atoms with van der Waals surface area (Å²) in [4.78, 5) is 21.7. The molecule has 1 heterocycles. The summed E-state index contributed by atoms with van der Waals surface area (Å²) in [6.45, 7) is 0. The van der Waals surface area contributed by atoms with Crippen molar-refractivity contribution in [2.24, 2.45) is 11.0 Å². The summed E-state index contributed by atoms with van der Waals surface area (Å²) in [7, 11) is -3.11. The van der Waals surface area contributed by atoms with Gasteiger partial charge in [0.15, 0.2) is 9.84 Å². The number of sulfone groups is 1. The van der Waals surface area contributed by atoms with Crippen LogP contribution in [0.25, 0.3) is 0 Å². The summed E-state index contributed by atoms with van der Waals surface area (Å²) in [5.74, 6) is -1.12. The van der Waals surface area contributed by atoms with Gasteiger partial charge in [-0.05, 0) is 24.1 Å². The molecule has 1 aliphatic heterocycles. The van der Waals surface area contributed by atoms with Crippen LogP contribution in [0.1, 0.15) is 12.0 Å². The van der Waals surface area contributed by atoms with Crippen LogP contribution in [0, 0.1) is 16.0 Å². The van der Waals surface area contributed by atoms with Crippen LogP contribution in [0.5, 0.6) is 0 Å². The molecule has 0 bridgehead atoms. The zero-order chi connectivity index (χ0) is 15.5. The SMILES string of the molecule is O=C(N/N=C\c1ccc([N+](=O)[O-])cc1)[C@H]1CCS(=O)(=O)C1. The Hall–Kier alpha value is -2.29. The second kappa shape index (κ2) is 6.00. The number of hydrogen-bond donors (Lipinski definition) is 1. The van der Waals surface area contributed by atoms with Gasteiger partial charge in [0.2, 0.25) is 5.91 Å². The molecule has 112 valence electrons. The predicted molar refractivity (Wildman–Crippen MR) is 75.6 cm³/mol. The van der Waals surface area contributed by atoms with Gasteiger partial charge in [0, 0.05) is 12.1 Å². The third-order valence-electron chi connectivity index (χ3n) is 3.10. The number of carbonyl (C=O) groups excluding carboxylic acids is 1. The number of non-ortho nitro benzene ring substituents is 1. The fraction of sp³-hybridized carbons (Fsp3) is 0.333. The highest BCUT2D eigenvalue weighted by atomic mass is 32.2. The van der Waals surface area contributed by atoms with Crippen molar-refractivity contribution >= 4 is 27.6 Å². The Bertz CT molecular complexity index is 681. The van der Waals surface area contributed by atoms with E-state index in [2.05, 4.69) is 10.5 Å². The maximum atomic E-state index is 11.7. The third-order valence-corrected chi connectivity index (χ3v) is 4.86. The molecule has 1 fully saturated rings. The largest absolute Gasteiger partial charge is 0.273 e. The molecular formula is C12H13N3O5S. The molecule has 0 saturated carbocycles. The maximum absolute atomic E-state index is 11.7. The van der Waals surface area contributed by atoms with E-state index in [9.17, 15) is 23.3 Å². The van der Waals surface area contributed by atoms with Gasteiger partial charge in [-0.3, -0.25) is 14.9 Å². The molecule has 0 aromatic heterocycles. The van der Waals surface area contributed by atoms with E-state index in [0.29, 0.717) is 12.0 Å². The highest BCUT2D eigenvalue weighted by Gasteiger charge is 2.32. The molecular weight excluding hydrogens is 298 g/mol. The van der Waals surface area contributed by atoms with E-state index in [1.54, 1.807) is 0 Å². The second-order valence-electron chi connectivity index (χ2n) is 4.68. The standard InChI is InChI=1S/C12H13N3O5S/c16-12(10-5-6-21(19,20)8-10)14-13-7-9-1-3-11(4-2-9)15(17)18/h1-4,7,10H,5-6,8H2,(H,14,16)/b13-7-/t10-/m0/s1. The van der Waals surface area contributed by atoms with Gasteiger partial charge < -0.3 is 0 Å². The van der Waals surface area contributed by atoms with Gasteiger partial charge in [0.25, 0.3) is 5.69 Å². The lowest BCUT2D eigenvalue weighted by Crippen LogP contribution is -2.27. The normalized spacial score (nSPS) is 20.5. The molecule has 2 rings (SSSR count). The zero-order valence-electron chi connectivity index (χ0n) is 10.9. The van der Waals surface area contributed by atoms with Crippen LogP contribution in [0.3, 0.4) is 0 Å². The number of rotatable bonds is 4. The Morgan fingerprint density at radius 3 is 2.57 bits per heavy atom. The molecule has 9 heteroatoms. The van der Waals surface area contributed by atoms with Crippen LogP contribution < -0.4 is 5.43 Å². The fourth-order valence-corrected chi connectivity index (χ4v) is 3.69. The first-order valence-electron chi connectivity index (χ1n) is 6.15. The van der Waals surface area contributed by atoms with Crippen LogP contribution in [-0.4, -0.2) is 37.0 Å². The highest BCUT2D eigenvalue weighted by molar-refractivity contribution is 7.91. The molecule has 1 amide bonds. The van der Waals surface area contributed by atoms with E-state index in [4.69, 9.17) is 0 Å². The fourth-order valence-electron chi connectivity index (χ4n) is 1.95. The number of hydrazone groups is 1. The van der Waals surface area contributed by atoms with E-state index < -0.39 is 26.6 Å². The van der Waals surface area contributed by atoms with Crippen molar-refractivity contribution in [3.8, 4) is 0 Å². The van der Waals surface area contributed by atoms with Crippen LogP contribution in [0.4, 0.5) is 5.69 Å². The average Bonchev–Trinajstić information content (AvgIpc) is 2.79. The van der Waals surface area contributed by atoms with Crippen molar-refractivity contribution < 1.29 is 18.1 Å². The summed E-state index contributed by atoms with van der Waals surface area (Å²) in [6.07, 6.45) is 1.65. The summed E-state index contributed by atoms with van der Waals surface area (Å²) in [6, 6.07) is 5.64. The maximum Gasteiger partial charge on any atom is 0.269 e. The lowest BCUT2D eigenvalue weighted by atomic mass is 10.1. The van der Waals surface area contributed by atoms with Gasteiger partial charge in [-0.15, -0.1) is 0 Å². The summed E-state index contributed by atoms with van der Waals surface area (Å²) in [5.41, 5.74) is 2.83. The van der Waals surface area contributed by atoms with Gasteiger partial charge >= 0.3 is 0 Å². The van der Waals surface area contributed by atoms with Gasteiger partial charge in [-0.25, -0.2) is 13.8 Å². The van der Waals surface area contributed by atoms with E-state index >= 15 is 0 Å². The Kier molecular flexibility index (Phi) is 4.32. The lowest BCUT2D eigenvalue weighted by Gasteiger charge is -2.04. The van der Waals surface area contributed by atoms with Gasteiger partial charge in [0.1, 0.15) is 0 Å². The first kappa shape index (κ1) is 15.1. The molecule has 0 radical (unpaired) electrons. The molecule has 1 aliphatic rings. The number of nitrogens with one attached hydrogen (secondary N) is 1. The van der Waals surface area contributed by atoms with E-state index in [-0.39, 0.29) is 17.2 Å². The number of carbonyl (C=O) groups is 1. The van der Waals surface area contributed by atoms with Gasteiger partial charge in [0.05, 0.1) is 28.6 Å². The lowest BCUT2D eigenvalue weighted by molar-refractivity contribution is -0.384. The Labute approximate surface area is 120 Å². The molecule has 0 unspecified atom stereocenters. The number of nitro benzene ring substituents is 1. The summed E-state index contributed by atoms with van der Waals surface area (Å²) < 4.78 is 22.5. The van der Waals surface area contributed by atoms with Crippen molar-refractivity contribution in [2.75, 3.05) is 11.5 Å². The first-order valence-corrected chi connectivity index (χ1v) is 7.97. The number of amides is 1. The third kappa shape index (κ3) is 4.09. The summed E-state index contributed by atoms with van der Waals surface area (Å²) >= 11 is 0. The first-order chi connectivity index (χ1) is 9.87. The van der Waals surface area contributed by atoms with E-state index in [0.717, 1.165) is 0 Å².